The highest BCUT2D eigenvalue weighted by Crippen LogP contribution is 2.19. The van der Waals surface area contributed by atoms with Crippen molar-refractivity contribution in [3.8, 4) is 0 Å². The normalized spacial score (nSPS) is 11.1. The van der Waals surface area contributed by atoms with Crippen molar-refractivity contribution in [2.24, 2.45) is 0 Å². The van der Waals surface area contributed by atoms with Crippen LogP contribution in [-0.2, 0) is 17.8 Å². The number of hydrogen-bond acceptors (Lipinski definition) is 3. The molecule has 0 bridgehead atoms. The highest BCUT2D eigenvalue weighted by molar-refractivity contribution is 5.85. The second kappa shape index (κ2) is 6.84. The fourth-order valence-corrected chi connectivity index (χ4v) is 3.16. The first kappa shape index (κ1) is 16.1. The van der Waals surface area contributed by atoms with Gasteiger partial charge in [0.1, 0.15) is 0 Å². The summed E-state index contributed by atoms with van der Waals surface area (Å²) in [6.45, 7) is 0.282. The molecule has 3 N–H and O–H groups in total. The van der Waals surface area contributed by atoms with Crippen LogP contribution < -0.4 is 10.9 Å². The van der Waals surface area contributed by atoms with Crippen LogP contribution in [-0.4, -0.2) is 21.1 Å². The highest BCUT2D eigenvalue weighted by Gasteiger charge is 2.09. The Balaban J connectivity index is 1.42. The van der Waals surface area contributed by atoms with E-state index in [9.17, 15) is 9.59 Å². The molecule has 0 aliphatic rings. The van der Waals surface area contributed by atoms with E-state index in [1.807, 2.05) is 36.5 Å². The molecule has 0 saturated carbocycles. The number of H-pyrrole nitrogens is 2. The summed E-state index contributed by atoms with van der Waals surface area (Å²) >= 11 is 0. The average Bonchev–Trinajstić information content (AvgIpc) is 3.09. The van der Waals surface area contributed by atoms with E-state index in [0.29, 0.717) is 23.9 Å². The van der Waals surface area contributed by atoms with E-state index in [-0.39, 0.29) is 18.0 Å². The summed E-state index contributed by atoms with van der Waals surface area (Å²) in [5.74, 6) is -0.0487. The van der Waals surface area contributed by atoms with Gasteiger partial charge < -0.3 is 10.3 Å². The van der Waals surface area contributed by atoms with Crippen LogP contribution in [0.3, 0.4) is 0 Å². The van der Waals surface area contributed by atoms with E-state index in [0.717, 1.165) is 21.9 Å². The Morgan fingerprint density at radius 3 is 2.58 bits per heavy atom. The molecule has 2 aromatic heterocycles. The molecule has 0 unspecified atom stereocenters. The lowest BCUT2D eigenvalue weighted by molar-refractivity contribution is -0.121. The molecule has 0 aliphatic carbocycles. The van der Waals surface area contributed by atoms with Gasteiger partial charge in [-0.25, -0.2) is 5.10 Å². The molecule has 2 aromatic carbocycles. The maximum atomic E-state index is 12.2. The Labute approximate surface area is 149 Å². The summed E-state index contributed by atoms with van der Waals surface area (Å²) in [5, 5.41) is 11.9. The third kappa shape index (κ3) is 3.09. The molecule has 0 atom stereocenters. The number of aromatic amines is 2. The van der Waals surface area contributed by atoms with E-state index in [4.69, 9.17) is 0 Å². The number of nitrogens with one attached hydrogen (secondary N) is 3. The number of carbonyl (C=O) groups excluding carboxylic acids is 1. The number of nitrogens with zero attached hydrogens (tertiary/aromatic N) is 1. The summed E-state index contributed by atoms with van der Waals surface area (Å²) in [5.41, 5.74) is 2.63. The van der Waals surface area contributed by atoms with Crippen molar-refractivity contribution in [2.75, 3.05) is 0 Å². The number of benzene rings is 2. The van der Waals surface area contributed by atoms with Crippen LogP contribution in [0.2, 0.25) is 0 Å². The second-order valence-corrected chi connectivity index (χ2v) is 6.18. The standard InChI is InChI=1S/C20H18N4O2/c25-19(10-9-13-11-21-17-8-4-3-5-14(13)17)22-12-18-15-6-1-2-7-16(15)20(26)24-23-18/h1-8,11,21H,9-10,12H2,(H,22,25)(H,24,26). The number of aromatic nitrogens is 3. The smallest absolute Gasteiger partial charge is 0.272 e. The Hall–Kier alpha value is -3.41. The topological polar surface area (TPSA) is 90.6 Å². The van der Waals surface area contributed by atoms with Crippen LogP contribution in [0.25, 0.3) is 21.7 Å². The molecule has 0 aliphatic heterocycles. The van der Waals surface area contributed by atoms with Gasteiger partial charge >= 0.3 is 0 Å². The molecule has 26 heavy (non-hydrogen) atoms. The molecule has 0 spiro atoms. The van der Waals surface area contributed by atoms with Crippen molar-refractivity contribution in [3.05, 3.63) is 76.3 Å². The van der Waals surface area contributed by atoms with E-state index in [1.165, 1.54) is 0 Å². The molecule has 6 heteroatoms. The zero-order valence-corrected chi connectivity index (χ0v) is 14.1. The number of amides is 1. The van der Waals surface area contributed by atoms with Gasteiger partial charge in [-0.2, -0.15) is 5.10 Å². The molecule has 6 nitrogen and oxygen atoms in total. The summed E-state index contributed by atoms with van der Waals surface area (Å²) in [6.07, 6.45) is 3.01. The Bertz CT molecular complexity index is 1140. The highest BCUT2D eigenvalue weighted by atomic mass is 16.1. The van der Waals surface area contributed by atoms with E-state index in [1.54, 1.807) is 12.1 Å². The Kier molecular flexibility index (Phi) is 4.23. The predicted molar refractivity (Wildman–Crippen MR) is 101 cm³/mol. The summed E-state index contributed by atoms with van der Waals surface area (Å²) in [6, 6.07) is 15.3. The van der Waals surface area contributed by atoms with Crippen molar-refractivity contribution in [2.45, 2.75) is 19.4 Å². The number of aryl methyl sites for hydroxylation is 1. The minimum Gasteiger partial charge on any atom is -0.361 e. The SMILES string of the molecule is O=C(CCc1c[nH]c2ccccc12)NCc1n[nH]c(=O)c2ccccc12. The number of para-hydroxylation sites is 1. The fourth-order valence-electron chi connectivity index (χ4n) is 3.16. The number of rotatable bonds is 5. The zero-order chi connectivity index (χ0) is 17.9. The maximum Gasteiger partial charge on any atom is 0.272 e. The van der Waals surface area contributed by atoms with Crippen LogP contribution in [0.5, 0.6) is 0 Å². The van der Waals surface area contributed by atoms with E-state index in [2.05, 4.69) is 26.6 Å². The van der Waals surface area contributed by atoms with Crippen LogP contribution in [0.4, 0.5) is 0 Å². The minimum absolute atomic E-state index is 0.0487. The van der Waals surface area contributed by atoms with E-state index < -0.39 is 0 Å². The van der Waals surface area contributed by atoms with Crippen molar-refractivity contribution >= 4 is 27.6 Å². The van der Waals surface area contributed by atoms with Gasteiger partial charge in [0.25, 0.3) is 5.56 Å². The number of hydrogen-bond donors (Lipinski definition) is 3. The molecule has 4 aromatic rings. The van der Waals surface area contributed by atoms with Gasteiger partial charge in [-0.15, -0.1) is 0 Å². The summed E-state index contributed by atoms with van der Waals surface area (Å²) < 4.78 is 0. The lowest BCUT2D eigenvalue weighted by Gasteiger charge is -2.07. The quantitative estimate of drug-likeness (QED) is 0.519. The molecule has 2 heterocycles. The Morgan fingerprint density at radius 1 is 1.00 bits per heavy atom. The van der Waals surface area contributed by atoms with Gasteiger partial charge in [-0.3, -0.25) is 9.59 Å². The summed E-state index contributed by atoms with van der Waals surface area (Å²) in [4.78, 5) is 27.3. The third-order valence-corrected chi connectivity index (χ3v) is 4.52. The number of fused-ring (bicyclic) bond motifs is 2. The lowest BCUT2D eigenvalue weighted by Crippen LogP contribution is -2.24. The van der Waals surface area contributed by atoms with Gasteiger partial charge in [-0.1, -0.05) is 36.4 Å². The second-order valence-electron chi connectivity index (χ2n) is 6.18. The summed E-state index contributed by atoms with van der Waals surface area (Å²) in [7, 11) is 0. The molecule has 130 valence electrons. The third-order valence-electron chi connectivity index (χ3n) is 4.52. The minimum atomic E-state index is -0.227. The van der Waals surface area contributed by atoms with Gasteiger partial charge in [0, 0.05) is 28.9 Å². The molecule has 0 radical (unpaired) electrons. The van der Waals surface area contributed by atoms with Crippen molar-refractivity contribution in [1.29, 1.82) is 0 Å². The van der Waals surface area contributed by atoms with Crippen molar-refractivity contribution in [3.63, 3.8) is 0 Å². The van der Waals surface area contributed by atoms with Gasteiger partial charge in [0.15, 0.2) is 0 Å². The van der Waals surface area contributed by atoms with Crippen LogP contribution in [0, 0.1) is 0 Å². The van der Waals surface area contributed by atoms with E-state index >= 15 is 0 Å². The molecule has 0 fully saturated rings. The van der Waals surface area contributed by atoms with Gasteiger partial charge in [0.2, 0.25) is 5.91 Å². The van der Waals surface area contributed by atoms with Gasteiger partial charge in [-0.05, 0) is 24.1 Å². The first-order chi connectivity index (χ1) is 12.7. The van der Waals surface area contributed by atoms with Gasteiger partial charge in [0.05, 0.1) is 17.6 Å². The maximum absolute atomic E-state index is 12.2. The monoisotopic (exact) mass is 346 g/mol. The van der Waals surface area contributed by atoms with Crippen LogP contribution in [0.1, 0.15) is 17.7 Å². The van der Waals surface area contributed by atoms with Crippen LogP contribution >= 0.6 is 0 Å². The predicted octanol–water partition coefficient (Wildman–Crippen LogP) is 2.65. The molecular weight excluding hydrogens is 328 g/mol. The largest absolute Gasteiger partial charge is 0.361 e. The lowest BCUT2D eigenvalue weighted by atomic mass is 10.1. The first-order valence-electron chi connectivity index (χ1n) is 8.50. The molecule has 0 saturated heterocycles. The van der Waals surface area contributed by atoms with Crippen molar-refractivity contribution in [1.82, 2.24) is 20.5 Å². The van der Waals surface area contributed by atoms with Crippen LogP contribution in [0.15, 0.2) is 59.5 Å². The Morgan fingerprint density at radius 2 is 1.73 bits per heavy atom. The zero-order valence-electron chi connectivity index (χ0n) is 14.1. The average molecular weight is 346 g/mol. The molecular formula is C20H18N4O2. The fraction of sp³-hybridized carbons (Fsp3) is 0.150. The molecule has 4 rings (SSSR count). The number of carbonyl (C=O) groups is 1. The molecule has 1 amide bonds. The van der Waals surface area contributed by atoms with Crippen molar-refractivity contribution < 1.29 is 4.79 Å². The first-order valence-corrected chi connectivity index (χ1v) is 8.50.